The molecule has 2 amide bonds. The predicted molar refractivity (Wildman–Crippen MR) is 186 cm³/mol. The van der Waals surface area contributed by atoms with Crippen LogP contribution in [0.15, 0.2) is 102 Å². The highest BCUT2D eigenvalue weighted by molar-refractivity contribution is 7.92. The minimum atomic E-state index is -4.79. The summed E-state index contributed by atoms with van der Waals surface area (Å²) < 4.78 is 70.4. The van der Waals surface area contributed by atoms with Gasteiger partial charge in [0.25, 0.3) is 10.0 Å². The zero-order chi connectivity index (χ0) is 36.1. The summed E-state index contributed by atoms with van der Waals surface area (Å²) in [4.78, 5) is 29.5. The van der Waals surface area contributed by atoms with Crippen LogP contribution in [0.2, 0.25) is 10.0 Å². The number of alkyl halides is 3. The highest BCUT2D eigenvalue weighted by Gasteiger charge is 2.37. The van der Waals surface area contributed by atoms with Crippen LogP contribution < -0.4 is 9.62 Å². The van der Waals surface area contributed by atoms with Gasteiger partial charge in [0.2, 0.25) is 11.8 Å². The molecule has 1 atom stereocenters. The molecule has 0 aliphatic carbocycles. The number of sulfonamides is 1. The Labute approximate surface area is 294 Å². The van der Waals surface area contributed by atoms with Crippen molar-refractivity contribution in [3.63, 3.8) is 0 Å². The molecule has 0 bridgehead atoms. The van der Waals surface area contributed by atoms with E-state index in [1.807, 2.05) is 0 Å². The van der Waals surface area contributed by atoms with E-state index in [0.717, 1.165) is 17.7 Å². The summed E-state index contributed by atoms with van der Waals surface area (Å²) in [6.07, 6.45) is -4.74. The summed E-state index contributed by atoms with van der Waals surface area (Å²) in [5.74, 6) is -1.36. The summed E-state index contributed by atoms with van der Waals surface area (Å²) in [6.45, 7) is 5.96. The van der Waals surface area contributed by atoms with E-state index in [0.29, 0.717) is 21.5 Å². The maximum absolute atomic E-state index is 14.6. The lowest BCUT2D eigenvalue weighted by Gasteiger charge is -2.35. The lowest BCUT2D eigenvalue weighted by Crippen LogP contribution is -2.56. The van der Waals surface area contributed by atoms with Crippen LogP contribution in [0, 0.1) is 6.92 Å². The van der Waals surface area contributed by atoms with E-state index in [1.165, 1.54) is 35.2 Å². The molecule has 0 unspecified atom stereocenters. The van der Waals surface area contributed by atoms with Crippen LogP contribution in [-0.2, 0) is 38.8 Å². The third kappa shape index (κ3) is 9.99. The van der Waals surface area contributed by atoms with Gasteiger partial charge in [-0.1, -0.05) is 83.4 Å². The number of amides is 2. The maximum Gasteiger partial charge on any atom is 0.416 e. The number of nitrogens with zero attached hydrogens (tertiary/aromatic N) is 2. The Hall–Kier alpha value is -4.06. The molecule has 13 heteroatoms. The molecule has 0 aromatic heterocycles. The van der Waals surface area contributed by atoms with Crippen LogP contribution in [0.1, 0.15) is 43.0 Å². The number of benzene rings is 4. The van der Waals surface area contributed by atoms with Gasteiger partial charge in [-0.25, -0.2) is 8.42 Å². The molecule has 0 saturated heterocycles. The molecule has 0 heterocycles. The van der Waals surface area contributed by atoms with Crippen LogP contribution in [-0.4, -0.2) is 43.3 Å². The molecule has 4 aromatic carbocycles. The minimum absolute atomic E-state index is 0.0457. The molecular weight excluding hydrogens is 698 g/mol. The van der Waals surface area contributed by atoms with Crippen molar-refractivity contribution in [2.24, 2.45) is 0 Å². The Morgan fingerprint density at radius 1 is 0.816 bits per heavy atom. The molecule has 4 aromatic rings. The number of nitrogens with one attached hydrogen (secondary N) is 1. The number of halogens is 5. The first-order valence-electron chi connectivity index (χ1n) is 15.2. The average Bonchev–Trinajstić information content (AvgIpc) is 3.02. The fourth-order valence-electron chi connectivity index (χ4n) is 5.05. The molecule has 7 nitrogen and oxygen atoms in total. The van der Waals surface area contributed by atoms with Gasteiger partial charge in [0, 0.05) is 18.5 Å². The fourth-order valence-corrected chi connectivity index (χ4v) is 6.77. The van der Waals surface area contributed by atoms with Gasteiger partial charge < -0.3 is 10.2 Å². The van der Waals surface area contributed by atoms with Gasteiger partial charge in [-0.15, -0.1) is 0 Å². The monoisotopic (exact) mass is 733 g/mol. The second-order valence-corrected chi connectivity index (χ2v) is 15.3. The molecule has 0 radical (unpaired) electrons. The highest BCUT2D eigenvalue weighted by Crippen LogP contribution is 2.34. The normalized spacial score (nSPS) is 12.7. The van der Waals surface area contributed by atoms with Crippen LogP contribution in [0.5, 0.6) is 0 Å². The van der Waals surface area contributed by atoms with Gasteiger partial charge in [0.1, 0.15) is 12.6 Å². The lowest BCUT2D eigenvalue weighted by molar-refractivity contribution is -0.140. The molecule has 0 saturated carbocycles. The number of hydrogen-bond donors (Lipinski definition) is 1. The van der Waals surface area contributed by atoms with Crippen molar-refractivity contribution in [3.8, 4) is 0 Å². The number of aryl methyl sites for hydroxylation is 1. The van der Waals surface area contributed by atoms with Crippen LogP contribution in [0.3, 0.4) is 0 Å². The zero-order valence-corrected chi connectivity index (χ0v) is 29.6. The third-order valence-corrected chi connectivity index (χ3v) is 9.98. The van der Waals surface area contributed by atoms with Crippen molar-refractivity contribution >= 4 is 50.7 Å². The van der Waals surface area contributed by atoms with E-state index in [1.54, 1.807) is 76.2 Å². The van der Waals surface area contributed by atoms with Crippen molar-refractivity contribution in [3.05, 3.63) is 129 Å². The van der Waals surface area contributed by atoms with Crippen molar-refractivity contribution in [1.29, 1.82) is 0 Å². The Kier molecular flexibility index (Phi) is 11.7. The summed E-state index contributed by atoms with van der Waals surface area (Å²) in [7, 11) is -4.60. The van der Waals surface area contributed by atoms with Gasteiger partial charge in [0.15, 0.2) is 0 Å². The number of carbonyl (C=O) groups is 2. The van der Waals surface area contributed by atoms with E-state index in [4.69, 9.17) is 23.2 Å². The molecular formula is C36H36Cl2F3N3O4S. The van der Waals surface area contributed by atoms with Crippen LogP contribution in [0.25, 0.3) is 0 Å². The van der Waals surface area contributed by atoms with Crippen LogP contribution >= 0.6 is 23.2 Å². The maximum atomic E-state index is 14.6. The Balaban J connectivity index is 1.87. The molecule has 1 N–H and O–H groups in total. The van der Waals surface area contributed by atoms with Crippen LogP contribution in [0.4, 0.5) is 18.9 Å². The Bertz CT molecular complexity index is 1900. The van der Waals surface area contributed by atoms with E-state index >= 15 is 0 Å². The number of hydrogen-bond acceptors (Lipinski definition) is 4. The third-order valence-electron chi connectivity index (χ3n) is 7.46. The fraction of sp³-hybridized carbons (Fsp3) is 0.278. The predicted octanol–water partition coefficient (Wildman–Crippen LogP) is 8.07. The van der Waals surface area contributed by atoms with E-state index < -0.39 is 51.7 Å². The van der Waals surface area contributed by atoms with Crippen molar-refractivity contribution in [1.82, 2.24) is 10.2 Å². The number of carbonyl (C=O) groups excluding carboxylic acids is 2. The zero-order valence-electron chi connectivity index (χ0n) is 27.3. The quantitative estimate of drug-likeness (QED) is 0.169. The molecule has 0 spiro atoms. The topological polar surface area (TPSA) is 86.8 Å². The molecule has 4 rings (SSSR count). The summed E-state index contributed by atoms with van der Waals surface area (Å²) >= 11 is 12.4. The van der Waals surface area contributed by atoms with Crippen molar-refractivity contribution in [2.45, 2.75) is 63.3 Å². The van der Waals surface area contributed by atoms with Crippen molar-refractivity contribution < 1.29 is 31.2 Å². The lowest BCUT2D eigenvalue weighted by atomic mass is 10.0. The molecule has 0 fully saturated rings. The largest absolute Gasteiger partial charge is 0.416 e. The van der Waals surface area contributed by atoms with E-state index in [-0.39, 0.29) is 33.6 Å². The summed E-state index contributed by atoms with van der Waals surface area (Å²) in [5, 5.41) is 3.37. The Morgan fingerprint density at radius 3 is 2.06 bits per heavy atom. The van der Waals surface area contributed by atoms with Gasteiger partial charge in [-0.2, -0.15) is 13.2 Å². The van der Waals surface area contributed by atoms with Crippen molar-refractivity contribution in [2.75, 3.05) is 10.8 Å². The standard InChI is InChI=1S/C36H36Cl2F3N3O4S/c1-24-13-16-29(17-14-24)49(47,48)44(28-12-8-11-27(21-28)36(39,40)41)23-33(45)43(22-26-15-18-30(37)31(38)19-26)32(34(46)42-35(2,3)4)20-25-9-6-5-7-10-25/h5-19,21,32H,20,22-23H2,1-4H3,(H,42,46)/t32-/m0/s1. The second-order valence-electron chi connectivity index (χ2n) is 12.6. The Morgan fingerprint density at radius 2 is 1.47 bits per heavy atom. The minimum Gasteiger partial charge on any atom is -0.350 e. The molecule has 49 heavy (non-hydrogen) atoms. The average molecular weight is 735 g/mol. The first-order chi connectivity index (χ1) is 22.8. The number of rotatable bonds is 11. The molecule has 260 valence electrons. The van der Waals surface area contributed by atoms with Gasteiger partial charge >= 0.3 is 6.18 Å². The summed E-state index contributed by atoms with van der Waals surface area (Å²) in [6, 6.07) is 21.9. The highest BCUT2D eigenvalue weighted by atomic mass is 35.5. The first-order valence-corrected chi connectivity index (χ1v) is 17.4. The van der Waals surface area contributed by atoms with E-state index in [9.17, 15) is 31.2 Å². The van der Waals surface area contributed by atoms with Gasteiger partial charge in [-0.3, -0.25) is 13.9 Å². The SMILES string of the molecule is Cc1ccc(S(=O)(=O)N(CC(=O)N(Cc2ccc(Cl)c(Cl)c2)[C@@H](Cc2ccccc2)C(=O)NC(C)(C)C)c2cccc(C(F)(F)F)c2)cc1. The first kappa shape index (κ1) is 37.8. The van der Waals surface area contributed by atoms with Gasteiger partial charge in [0.05, 0.1) is 26.2 Å². The number of anilines is 1. The molecule has 0 aliphatic heterocycles. The smallest absolute Gasteiger partial charge is 0.350 e. The van der Waals surface area contributed by atoms with E-state index in [2.05, 4.69) is 5.32 Å². The van der Waals surface area contributed by atoms with Gasteiger partial charge in [-0.05, 0) is 81.3 Å². The second kappa shape index (κ2) is 15.2. The summed E-state index contributed by atoms with van der Waals surface area (Å²) in [5.41, 5.74) is -0.231. The molecule has 0 aliphatic rings.